The molecular formula is C15H32F3IN4O2. The van der Waals surface area contributed by atoms with Crippen molar-refractivity contribution in [3.63, 3.8) is 0 Å². The van der Waals surface area contributed by atoms with Gasteiger partial charge in [-0.2, -0.15) is 13.2 Å². The van der Waals surface area contributed by atoms with Crippen molar-refractivity contribution in [3.05, 3.63) is 0 Å². The van der Waals surface area contributed by atoms with E-state index in [-0.39, 0.29) is 24.0 Å². The van der Waals surface area contributed by atoms with E-state index < -0.39 is 12.7 Å². The maximum atomic E-state index is 12.2. The van der Waals surface area contributed by atoms with Gasteiger partial charge in [0.1, 0.15) is 0 Å². The van der Waals surface area contributed by atoms with E-state index in [0.717, 1.165) is 13.0 Å². The first-order valence-corrected chi connectivity index (χ1v) is 8.23. The van der Waals surface area contributed by atoms with Gasteiger partial charge in [0.2, 0.25) is 0 Å². The van der Waals surface area contributed by atoms with Crippen LogP contribution in [0.15, 0.2) is 4.99 Å². The fraction of sp³-hybridized carbons (Fsp3) is 0.933. The summed E-state index contributed by atoms with van der Waals surface area (Å²) in [4.78, 5) is 5.66. The van der Waals surface area contributed by atoms with Gasteiger partial charge in [0.05, 0.1) is 19.8 Å². The molecule has 10 heteroatoms. The van der Waals surface area contributed by atoms with Gasteiger partial charge in [0, 0.05) is 33.4 Å². The van der Waals surface area contributed by atoms with E-state index in [1.165, 1.54) is 11.9 Å². The van der Waals surface area contributed by atoms with Crippen LogP contribution in [-0.2, 0) is 9.47 Å². The van der Waals surface area contributed by atoms with Gasteiger partial charge >= 0.3 is 6.18 Å². The summed E-state index contributed by atoms with van der Waals surface area (Å²) >= 11 is 0. The van der Waals surface area contributed by atoms with Crippen molar-refractivity contribution in [1.29, 1.82) is 0 Å². The third-order valence-electron chi connectivity index (χ3n) is 2.95. The van der Waals surface area contributed by atoms with Crippen LogP contribution >= 0.6 is 24.0 Å². The van der Waals surface area contributed by atoms with Crippen LogP contribution < -0.4 is 10.6 Å². The Hall–Kier alpha value is -0.330. The van der Waals surface area contributed by atoms with Crippen LogP contribution in [0.1, 0.15) is 19.8 Å². The number of halogens is 4. The van der Waals surface area contributed by atoms with E-state index in [4.69, 9.17) is 9.47 Å². The van der Waals surface area contributed by atoms with Crippen molar-refractivity contribution < 1.29 is 22.6 Å². The molecule has 0 aliphatic carbocycles. The summed E-state index contributed by atoms with van der Waals surface area (Å²) in [6, 6.07) is 0. The van der Waals surface area contributed by atoms with E-state index in [2.05, 4.69) is 15.6 Å². The number of methoxy groups -OCH3 is 1. The molecule has 0 aromatic carbocycles. The molecule has 0 atom stereocenters. The molecule has 0 amide bonds. The highest BCUT2D eigenvalue weighted by Gasteiger charge is 2.28. The molecule has 0 aliphatic heterocycles. The molecule has 0 aliphatic rings. The Balaban J connectivity index is 0. The molecular weight excluding hydrogens is 452 g/mol. The lowest BCUT2D eigenvalue weighted by Crippen LogP contribution is -2.39. The normalized spacial score (nSPS) is 12.2. The first-order valence-electron chi connectivity index (χ1n) is 8.23. The molecule has 0 fully saturated rings. The molecule has 25 heavy (non-hydrogen) atoms. The zero-order valence-electron chi connectivity index (χ0n) is 15.3. The number of hydrogen-bond donors (Lipinski definition) is 2. The molecule has 0 aromatic rings. The van der Waals surface area contributed by atoms with E-state index >= 15 is 0 Å². The highest BCUT2D eigenvalue weighted by molar-refractivity contribution is 14.0. The Morgan fingerprint density at radius 2 is 1.84 bits per heavy atom. The molecule has 0 saturated carbocycles. The number of hydrogen-bond acceptors (Lipinski definition) is 4. The van der Waals surface area contributed by atoms with E-state index in [1.54, 1.807) is 7.11 Å². The second-order valence-electron chi connectivity index (χ2n) is 5.35. The van der Waals surface area contributed by atoms with E-state index in [0.29, 0.717) is 51.8 Å². The van der Waals surface area contributed by atoms with Gasteiger partial charge in [0.25, 0.3) is 0 Å². The molecule has 152 valence electrons. The highest BCUT2D eigenvalue weighted by atomic mass is 127. The molecule has 0 saturated heterocycles. The standard InChI is InChI=1S/C15H31F3N4O2.HI/c1-4-19-14(21-8-6-10-24-12-11-23-3)20-7-5-9-22(2)13-15(16,17)18;/h4-13H2,1-3H3,(H2,19,20,21);1H. The second kappa shape index (κ2) is 17.1. The fourth-order valence-electron chi connectivity index (χ4n) is 1.88. The van der Waals surface area contributed by atoms with Crippen LogP contribution in [0.2, 0.25) is 0 Å². The Morgan fingerprint density at radius 1 is 1.12 bits per heavy atom. The topological polar surface area (TPSA) is 58.1 Å². The molecule has 0 spiro atoms. The predicted octanol–water partition coefficient (Wildman–Crippen LogP) is 2.10. The minimum Gasteiger partial charge on any atom is -0.382 e. The lowest BCUT2D eigenvalue weighted by atomic mass is 10.4. The number of guanidine groups is 1. The summed E-state index contributed by atoms with van der Waals surface area (Å²) in [5, 5.41) is 6.22. The molecule has 2 N–H and O–H groups in total. The smallest absolute Gasteiger partial charge is 0.382 e. The predicted molar refractivity (Wildman–Crippen MR) is 105 cm³/mol. The van der Waals surface area contributed by atoms with Crippen LogP contribution in [0.4, 0.5) is 13.2 Å². The molecule has 0 aromatic heterocycles. The average Bonchev–Trinajstić information content (AvgIpc) is 2.48. The number of nitrogens with one attached hydrogen (secondary N) is 2. The van der Waals surface area contributed by atoms with Crippen molar-refractivity contribution in [2.45, 2.75) is 25.9 Å². The van der Waals surface area contributed by atoms with Gasteiger partial charge in [-0.3, -0.25) is 9.89 Å². The molecule has 0 rings (SSSR count). The quantitative estimate of drug-likeness (QED) is 0.182. The van der Waals surface area contributed by atoms with Crippen molar-refractivity contribution in [2.75, 3.05) is 66.7 Å². The second-order valence-corrected chi connectivity index (χ2v) is 5.35. The lowest BCUT2D eigenvalue weighted by Gasteiger charge is -2.18. The first-order chi connectivity index (χ1) is 11.4. The summed E-state index contributed by atoms with van der Waals surface area (Å²) in [7, 11) is 3.10. The van der Waals surface area contributed by atoms with Crippen LogP contribution in [0.3, 0.4) is 0 Å². The van der Waals surface area contributed by atoms with Crippen LogP contribution in [0, 0.1) is 0 Å². The van der Waals surface area contributed by atoms with Gasteiger partial charge < -0.3 is 20.1 Å². The Kier molecular flexibility index (Phi) is 18.4. The number of alkyl halides is 3. The third-order valence-corrected chi connectivity index (χ3v) is 2.95. The average molecular weight is 484 g/mol. The number of ether oxygens (including phenoxy) is 2. The SMILES string of the molecule is CCNC(=NCCCOCCOC)NCCCN(C)CC(F)(F)F.I. The van der Waals surface area contributed by atoms with Gasteiger partial charge in [-0.25, -0.2) is 0 Å². The van der Waals surface area contributed by atoms with Crippen LogP contribution in [0.5, 0.6) is 0 Å². The van der Waals surface area contributed by atoms with Crippen molar-refractivity contribution in [2.24, 2.45) is 4.99 Å². The Morgan fingerprint density at radius 3 is 2.44 bits per heavy atom. The van der Waals surface area contributed by atoms with Crippen molar-refractivity contribution in [3.8, 4) is 0 Å². The minimum absolute atomic E-state index is 0. The third kappa shape index (κ3) is 19.8. The molecule has 6 nitrogen and oxygen atoms in total. The van der Waals surface area contributed by atoms with E-state index in [1.807, 2.05) is 6.92 Å². The number of rotatable bonds is 13. The Labute approximate surface area is 165 Å². The summed E-state index contributed by atoms with van der Waals surface area (Å²) in [6.07, 6.45) is -2.74. The molecule has 0 radical (unpaired) electrons. The zero-order chi connectivity index (χ0) is 18.3. The summed E-state index contributed by atoms with van der Waals surface area (Å²) in [5.41, 5.74) is 0. The van der Waals surface area contributed by atoms with Gasteiger partial charge in [-0.1, -0.05) is 0 Å². The fourth-order valence-corrected chi connectivity index (χ4v) is 1.88. The monoisotopic (exact) mass is 484 g/mol. The molecule has 0 heterocycles. The molecule has 0 bridgehead atoms. The number of nitrogens with zero attached hydrogens (tertiary/aromatic N) is 2. The lowest BCUT2D eigenvalue weighted by molar-refractivity contribution is -0.143. The molecule has 0 unspecified atom stereocenters. The maximum absolute atomic E-state index is 12.2. The van der Waals surface area contributed by atoms with E-state index in [9.17, 15) is 13.2 Å². The maximum Gasteiger partial charge on any atom is 0.401 e. The van der Waals surface area contributed by atoms with Gasteiger partial charge in [-0.15, -0.1) is 24.0 Å². The summed E-state index contributed by atoms with van der Waals surface area (Å²) < 4.78 is 46.9. The van der Waals surface area contributed by atoms with Crippen molar-refractivity contribution >= 4 is 29.9 Å². The van der Waals surface area contributed by atoms with Gasteiger partial charge in [-0.05, 0) is 33.4 Å². The number of aliphatic imine (C=N–C) groups is 1. The Bertz CT molecular complexity index is 334. The largest absolute Gasteiger partial charge is 0.401 e. The van der Waals surface area contributed by atoms with Crippen LogP contribution in [0.25, 0.3) is 0 Å². The minimum atomic E-state index is -4.15. The highest BCUT2D eigenvalue weighted by Crippen LogP contribution is 2.15. The van der Waals surface area contributed by atoms with Crippen LogP contribution in [-0.4, -0.2) is 83.7 Å². The van der Waals surface area contributed by atoms with Crippen molar-refractivity contribution in [1.82, 2.24) is 15.5 Å². The summed E-state index contributed by atoms with van der Waals surface area (Å²) in [6.45, 7) is 5.14. The van der Waals surface area contributed by atoms with Gasteiger partial charge in [0.15, 0.2) is 5.96 Å². The summed E-state index contributed by atoms with van der Waals surface area (Å²) in [5.74, 6) is 0.674. The first kappa shape index (κ1) is 26.9. The zero-order valence-corrected chi connectivity index (χ0v) is 17.7.